The molecular formula is C14H25LiO2Si3. The summed E-state index contributed by atoms with van der Waals surface area (Å²) < 4.78 is 5.62. The van der Waals surface area contributed by atoms with Crippen molar-refractivity contribution in [2.75, 3.05) is 0 Å². The molecule has 0 bridgehead atoms. The van der Waals surface area contributed by atoms with Crippen molar-refractivity contribution in [1.82, 2.24) is 0 Å². The molecule has 0 aliphatic heterocycles. The first kappa shape index (κ1) is 19.9. The Morgan fingerprint density at radius 3 is 1.85 bits per heavy atom. The number of carbonyl (C=O) groups excluding carboxylic acids is 1. The van der Waals surface area contributed by atoms with E-state index in [1.807, 2.05) is 30.3 Å². The molecule has 20 heavy (non-hydrogen) atoms. The minimum Gasteiger partial charge on any atom is -0.491 e. The van der Waals surface area contributed by atoms with E-state index in [9.17, 15) is 4.79 Å². The van der Waals surface area contributed by atoms with E-state index in [0.29, 0.717) is 6.61 Å². The number of benzene rings is 1. The third-order valence-electron chi connectivity index (χ3n) is 2.92. The minimum atomic E-state index is -1.43. The summed E-state index contributed by atoms with van der Waals surface area (Å²) in [6.45, 7) is 14.3. The van der Waals surface area contributed by atoms with E-state index in [1.165, 1.54) is 0 Å². The summed E-state index contributed by atoms with van der Waals surface area (Å²) in [6.07, 6.45) is 0. The maximum absolute atomic E-state index is 12.5. The molecule has 0 radical (unpaired) electrons. The number of ether oxygens (including phenoxy) is 1. The zero-order valence-corrected chi connectivity index (χ0v) is 16.9. The standard InChI is InChI=1S/C14H25O2Si3.Li/c1-18(2,3)17(19(4,5)6)14(15)16-12-13-10-8-7-9-11-13;/h7-11H,12H2,1-6H3;/q-1;+1. The topological polar surface area (TPSA) is 26.3 Å². The zero-order valence-electron chi connectivity index (χ0n) is 13.9. The predicted molar refractivity (Wildman–Crippen MR) is 89.1 cm³/mol. The molecule has 2 nitrogen and oxygen atoms in total. The van der Waals surface area contributed by atoms with Gasteiger partial charge in [0.05, 0.1) is 0 Å². The van der Waals surface area contributed by atoms with Crippen molar-refractivity contribution in [3.05, 3.63) is 35.9 Å². The molecule has 0 unspecified atom stereocenters. The molecule has 0 atom stereocenters. The van der Waals surface area contributed by atoms with Gasteiger partial charge in [0.2, 0.25) is 0 Å². The van der Waals surface area contributed by atoms with Crippen LogP contribution < -0.4 is 18.9 Å². The molecule has 6 heteroatoms. The van der Waals surface area contributed by atoms with Gasteiger partial charge in [0.25, 0.3) is 0 Å². The molecule has 0 amide bonds. The van der Waals surface area contributed by atoms with Crippen LogP contribution in [0.5, 0.6) is 0 Å². The van der Waals surface area contributed by atoms with Crippen molar-refractivity contribution in [2.45, 2.75) is 45.9 Å². The molecule has 0 aliphatic rings. The van der Waals surface area contributed by atoms with Gasteiger partial charge in [-0.15, -0.1) is 0 Å². The van der Waals surface area contributed by atoms with Crippen molar-refractivity contribution >= 4 is 28.6 Å². The molecule has 1 rings (SSSR count). The van der Waals surface area contributed by atoms with Crippen molar-refractivity contribution in [1.29, 1.82) is 0 Å². The maximum Gasteiger partial charge on any atom is 1.00 e. The monoisotopic (exact) mass is 316 g/mol. The van der Waals surface area contributed by atoms with Crippen LogP contribution in [0.1, 0.15) is 5.56 Å². The number of hydrogen-bond donors (Lipinski definition) is 0. The smallest absolute Gasteiger partial charge is 0.491 e. The summed E-state index contributed by atoms with van der Waals surface area (Å²) in [5, 5.41) is 0. The fourth-order valence-corrected chi connectivity index (χ4v) is 37.3. The maximum atomic E-state index is 12.5. The van der Waals surface area contributed by atoms with Crippen LogP contribution in [0.4, 0.5) is 4.79 Å². The first-order valence-corrected chi connectivity index (χ1v) is 17.2. The molecule has 0 heterocycles. The predicted octanol–water partition coefficient (Wildman–Crippen LogP) is 1.24. The normalized spacial score (nSPS) is 11.5. The molecule has 106 valence electrons. The fourth-order valence-electron chi connectivity index (χ4n) is 2.53. The van der Waals surface area contributed by atoms with E-state index in [2.05, 4.69) is 39.3 Å². The fraction of sp³-hybridized carbons (Fsp3) is 0.500. The van der Waals surface area contributed by atoms with Gasteiger partial charge < -0.3 is 4.74 Å². The number of hydrogen-bond acceptors (Lipinski definition) is 2. The Balaban J connectivity index is 0.00000361. The molecular weight excluding hydrogens is 291 g/mol. The van der Waals surface area contributed by atoms with Gasteiger partial charge in [-0.3, -0.25) is 4.79 Å². The first-order valence-electron chi connectivity index (χ1n) is 6.71. The van der Waals surface area contributed by atoms with Crippen molar-refractivity contribution in [3.63, 3.8) is 0 Å². The second kappa shape index (κ2) is 7.81. The Morgan fingerprint density at radius 1 is 1.00 bits per heavy atom. The Hall–Kier alpha value is -0.0619. The quantitative estimate of drug-likeness (QED) is 0.764. The van der Waals surface area contributed by atoms with Crippen molar-refractivity contribution < 1.29 is 28.4 Å². The van der Waals surface area contributed by atoms with E-state index in [4.69, 9.17) is 4.74 Å². The van der Waals surface area contributed by atoms with Crippen LogP contribution in [-0.4, -0.2) is 28.6 Å². The second-order valence-electron chi connectivity index (χ2n) is 6.94. The molecule has 0 aliphatic carbocycles. The van der Waals surface area contributed by atoms with Gasteiger partial charge in [-0.05, 0) is 5.56 Å². The molecule has 0 spiro atoms. The molecule has 0 saturated carbocycles. The van der Waals surface area contributed by atoms with Crippen molar-refractivity contribution in [3.8, 4) is 0 Å². The Morgan fingerprint density at radius 2 is 1.45 bits per heavy atom. The van der Waals surface area contributed by atoms with E-state index in [0.717, 1.165) is 5.56 Å². The van der Waals surface area contributed by atoms with Gasteiger partial charge in [-0.1, -0.05) is 84.8 Å². The van der Waals surface area contributed by atoms with Crippen LogP contribution in [0.25, 0.3) is 0 Å². The van der Waals surface area contributed by atoms with Gasteiger partial charge >= 0.3 is 18.9 Å². The van der Waals surface area contributed by atoms with E-state index < -0.39 is 23.0 Å². The summed E-state index contributed by atoms with van der Waals surface area (Å²) in [6, 6.07) is 9.94. The van der Waals surface area contributed by atoms with Crippen LogP contribution in [0, 0.1) is 0 Å². The third-order valence-corrected chi connectivity index (χ3v) is 30.2. The average Bonchev–Trinajstić information content (AvgIpc) is 2.24. The van der Waals surface area contributed by atoms with Crippen LogP contribution in [0.3, 0.4) is 0 Å². The van der Waals surface area contributed by atoms with Crippen molar-refractivity contribution in [2.24, 2.45) is 0 Å². The van der Waals surface area contributed by atoms with E-state index in [-0.39, 0.29) is 24.5 Å². The van der Waals surface area contributed by atoms with Gasteiger partial charge in [-0.25, -0.2) is 0 Å². The summed E-state index contributed by atoms with van der Waals surface area (Å²) in [7, 11) is -3.87. The second-order valence-corrected chi connectivity index (χ2v) is 30.6. The zero-order chi connectivity index (χ0) is 14.7. The summed E-state index contributed by atoms with van der Waals surface area (Å²) in [5.74, 6) is 0. The van der Waals surface area contributed by atoms with Crippen LogP contribution in [0.15, 0.2) is 30.3 Å². The SMILES string of the molecule is C[Si](C)(C)[Si-](C(=O)OCc1ccccc1)[Si](C)(C)C.[Li+]. The largest absolute Gasteiger partial charge is 1.00 e. The molecule has 0 saturated heterocycles. The molecule has 0 N–H and O–H groups in total. The Labute approximate surface area is 138 Å². The molecule has 1 aromatic carbocycles. The van der Waals surface area contributed by atoms with Gasteiger partial charge in [-0.2, -0.15) is 7.83 Å². The number of rotatable bonds is 5. The molecule has 0 fully saturated rings. The molecule has 1 aromatic rings. The Bertz CT molecular complexity index is 410. The van der Waals surface area contributed by atoms with Gasteiger partial charge in [0.15, 0.2) is 0 Å². The van der Waals surface area contributed by atoms with E-state index >= 15 is 0 Å². The summed E-state index contributed by atoms with van der Waals surface area (Å²) in [5.41, 5.74) is 1.19. The Kier molecular flexibility index (Phi) is 7.78. The summed E-state index contributed by atoms with van der Waals surface area (Å²) in [4.78, 5) is 12.5. The summed E-state index contributed by atoms with van der Waals surface area (Å²) >= 11 is 0. The number of carbonyl (C=O) groups is 1. The van der Waals surface area contributed by atoms with Crippen LogP contribution in [0.2, 0.25) is 39.3 Å². The van der Waals surface area contributed by atoms with Gasteiger partial charge in [0, 0.05) is 0 Å². The van der Waals surface area contributed by atoms with Crippen LogP contribution >= 0.6 is 0 Å². The third kappa shape index (κ3) is 6.15. The first-order chi connectivity index (χ1) is 8.62. The van der Waals surface area contributed by atoms with Gasteiger partial charge in [0.1, 0.15) is 12.2 Å². The average molecular weight is 317 g/mol. The molecule has 0 aromatic heterocycles. The van der Waals surface area contributed by atoms with Crippen LogP contribution in [-0.2, 0) is 11.3 Å². The minimum absolute atomic E-state index is 0. The van der Waals surface area contributed by atoms with E-state index in [1.54, 1.807) is 0 Å².